The number of nitrogens with one attached hydrogen (secondary N) is 1. The van der Waals surface area contributed by atoms with Crippen molar-refractivity contribution in [1.29, 1.82) is 0 Å². The van der Waals surface area contributed by atoms with Gasteiger partial charge in [0.2, 0.25) is 0 Å². The number of alkyl halides is 3. The second-order valence-corrected chi connectivity index (χ2v) is 10.5. The zero-order chi connectivity index (χ0) is 25.1. The lowest BCUT2D eigenvalue weighted by molar-refractivity contribution is -0.274. The van der Waals surface area contributed by atoms with Gasteiger partial charge in [0.25, 0.3) is 10.0 Å². The molecule has 0 unspecified atom stereocenters. The molecule has 7 nitrogen and oxygen atoms in total. The Morgan fingerprint density at radius 3 is 2.29 bits per heavy atom. The first-order valence-electron chi connectivity index (χ1n) is 11.5. The molecular formula is C24H27F3N2O5S. The van der Waals surface area contributed by atoms with E-state index in [1.54, 1.807) is 17.1 Å². The number of halogens is 3. The minimum absolute atomic E-state index is 0.145. The van der Waals surface area contributed by atoms with Gasteiger partial charge >= 0.3 is 6.36 Å². The van der Waals surface area contributed by atoms with E-state index in [1.807, 2.05) is 12.1 Å². The molecule has 0 amide bonds. The number of ether oxygens (including phenoxy) is 2. The highest BCUT2D eigenvalue weighted by molar-refractivity contribution is 7.89. The minimum atomic E-state index is -4.84. The van der Waals surface area contributed by atoms with Crippen LogP contribution in [-0.2, 0) is 10.0 Å². The fourth-order valence-corrected chi connectivity index (χ4v) is 5.16. The summed E-state index contributed by atoms with van der Waals surface area (Å²) in [5, 5.41) is 1.61. The Bertz CT molecular complexity index is 1120. The highest BCUT2D eigenvalue weighted by Crippen LogP contribution is 2.33. The number of ketones is 1. The summed E-state index contributed by atoms with van der Waals surface area (Å²) in [7, 11) is -3.91. The van der Waals surface area contributed by atoms with E-state index in [0.717, 1.165) is 61.9 Å². The summed E-state index contributed by atoms with van der Waals surface area (Å²) in [6.45, 7) is 1.59. The van der Waals surface area contributed by atoms with E-state index in [4.69, 9.17) is 4.74 Å². The normalized spacial score (nSPS) is 19.0. The molecule has 1 aliphatic carbocycles. The largest absolute Gasteiger partial charge is 0.573 e. The molecule has 1 heterocycles. The molecule has 1 N–H and O–H groups in total. The van der Waals surface area contributed by atoms with Crippen LogP contribution in [0.15, 0.2) is 53.4 Å². The first-order chi connectivity index (χ1) is 16.6. The van der Waals surface area contributed by atoms with Crippen LogP contribution in [-0.4, -0.2) is 45.3 Å². The second kappa shape index (κ2) is 10.5. The van der Waals surface area contributed by atoms with E-state index >= 15 is 0 Å². The summed E-state index contributed by atoms with van der Waals surface area (Å²) >= 11 is 0. The van der Waals surface area contributed by atoms with Crippen molar-refractivity contribution in [3.05, 3.63) is 54.1 Å². The summed E-state index contributed by atoms with van der Waals surface area (Å²) in [6.07, 6.45) is -0.404. The predicted octanol–water partition coefficient (Wildman–Crippen LogP) is 4.55. The molecule has 1 saturated heterocycles. The molecule has 1 aliphatic heterocycles. The number of sulfonamides is 1. The minimum Gasteiger partial charge on any atom is -0.494 e. The third kappa shape index (κ3) is 7.42. The zero-order valence-electron chi connectivity index (χ0n) is 19.0. The molecule has 2 aliphatic rings. The summed E-state index contributed by atoms with van der Waals surface area (Å²) in [5.74, 6) is 0.913. The van der Waals surface area contributed by atoms with Crippen LogP contribution in [0, 0.1) is 11.8 Å². The van der Waals surface area contributed by atoms with Crippen LogP contribution in [0.2, 0.25) is 0 Å². The molecule has 2 aromatic carbocycles. The van der Waals surface area contributed by atoms with Gasteiger partial charge < -0.3 is 9.47 Å². The van der Waals surface area contributed by atoms with Gasteiger partial charge in [0.1, 0.15) is 11.5 Å². The quantitative estimate of drug-likeness (QED) is 0.351. The lowest BCUT2D eigenvalue weighted by Gasteiger charge is -2.18. The third-order valence-corrected chi connectivity index (χ3v) is 7.41. The van der Waals surface area contributed by atoms with Gasteiger partial charge in [0.05, 0.1) is 11.5 Å². The van der Waals surface area contributed by atoms with Crippen LogP contribution in [0.4, 0.5) is 13.2 Å². The number of Topliss-reactive ketones (excluding diaryl/α,β-unsaturated/α-hetero) is 1. The van der Waals surface area contributed by atoms with Crippen LogP contribution in [0.3, 0.4) is 0 Å². The molecule has 1 atom stereocenters. The van der Waals surface area contributed by atoms with E-state index in [0.29, 0.717) is 31.4 Å². The van der Waals surface area contributed by atoms with Crippen molar-refractivity contribution in [2.75, 3.05) is 19.7 Å². The monoisotopic (exact) mass is 512 g/mol. The standard InChI is InChI=1S/C24H27F3N2O5S/c25-24(26,27)34-21-9-11-22(12-10-21)35(31,32)28-29-14-13-17(16-29)2-1-15-33-20-7-5-19(6-8-20)23(30)18-3-4-18/h5-12,17-18,28H,1-4,13-16H2/t17-/m1/s1. The van der Waals surface area contributed by atoms with Crippen LogP contribution >= 0.6 is 0 Å². The number of nitrogens with zero attached hydrogens (tertiary/aromatic N) is 1. The molecule has 4 rings (SSSR count). The molecule has 0 bridgehead atoms. The number of rotatable bonds is 11. The SMILES string of the molecule is O=C(c1ccc(OCCC[C@@H]2CCN(NS(=O)(=O)c3ccc(OC(F)(F)F)cc3)C2)cc1)C1CC1. The van der Waals surface area contributed by atoms with Crippen LogP contribution < -0.4 is 14.3 Å². The average Bonchev–Trinajstić information content (AvgIpc) is 3.56. The van der Waals surface area contributed by atoms with E-state index in [9.17, 15) is 26.4 Å². The highest BCUT2D eigenvalue weighted by atomic mass is 32.2. The number of carbonyl (C=O) groups excluding carboxylic acids is 1. The van der Waals surface area contributed by atoms with Gasteiger partial charge in [-0.2, -0.15) is 0 Å². The smallest absolute Gasteiger partial charge is 0.494 e. The van der Waals surface area contributed by atoms with Crippen molar-refractivity contribution in [1.82, 2.24) is 9.84 Å². The van der Waals surface area contributed by atoms with Crippen molar-refractivity contribution in [3.8, 4) is 11.5 Å². The van der Waals surface area contributed by atoms with Gasteiger partial charge in [-0.15, -0.1) is 18.0 Å². The Morgan fingerprint density at radius 1 is 1.00 bits per heavy atom. The summed E-state index contributed by atoms with van der Waals surface area (Å²) in [5.41, 5.74) is 0.721. The molecule has 35 heavy (non-hydrogen) atoms. The number of hydrazine groups is 1. The fourth-order valence-electron chi connectivity index (χ4n) is 4.05. The lowest BCUT2D eigenvalue weighted by Crippen LogP contribution is -2.40. The topological polar surface area (TPSA) is 84.9 Å². The first kappa shape index (κ1) is 25.5. The van der Waals surface area contributed by atoms with Crippen molar-refractivity contribution in [3.63, 3.8) is 0 Å². The van der Waals surface area contributed by atoms with Gasteiger partial charge in [0.15, 0.2) is 5.78 Å². The Morgan fingerprint density at radius 2 is 1.66 bits per heavy atom. The third-order valence-electron chi connectivity index (χ3n) is 6.02. The molecule has 11 heteroatoms. The summed E-state index contributed by atoms with van der Waals surface area (Å²) < 4.78 is 71.5. The van der Waals surface area contributed by atoms with Gasteiger partial charge in [-0.3, -0.25) is 4.79 Å². The summed E-state index contributed by atoms with van der Waals surface area (Å²) in [4.78, 5) is 14.4. The summed E-state index contributed by atoms with van der Waals surface area (Å²) in [6, 6.07) is 11.3. The molecule has 190 valence electrons. The Hall–Kier alpha value is -2.63. The van der Waals surface area contributed by atoms with Crippen LogP contribution in [0.25, 0.3) is 0 Å². The predicted molar refractivity (Wildman–Crippen MR) is 121 cm³/mol. The van der Waals surface area contributed by atoms with Gasteiger partial charge in [-0.1, -0.05) is 0 Å². The highest BCUT2D eigenvalue weighted by Gasteiger charge is 2.32. The number of hydrogen-bond donors (Lipinski definition) is 1. The Labute approximate surface area is 202 Å². The van der Waals surface area contributed by atoms with Crippen LogP contribution in [0.5, 0.6) is 11.5 Å². The molecule has 2 fully saturated rings. The fraction of sp³-hybridized carbons (Fsp3) is 0.458. The van der Waals surface area contributed by atoms with E-state index in [-0.39, 0.29) is 16.6 Å². The second-order valence-electron chi connectivity index (χ2n) is 8.87. The van der Waals surface area contributed by atoms with Crippen molar-refractivity contribution in [2.45, 2.75) is 43.4 Å². The molecular weight excluding hydrogens is 485 g/mol. The van der Waals surface area contributed by atoms with Crippen molar-refractivity contribution < 1.29 is 35.9 Å². The van der Waals surface area contributed by atoms with E-state index in [2.05, 4.69) is 9.57 Å². The zero-order valence-corrected chi connectivity index (χ0v) is 19.8. The molecule has 2 aromatic rings. The number of hydrogen-bond acceptors (Lipinski definition) is 6. The maximum Gasteiger partial charge on any atom is 0.573 e. The van der Waals surface area contributed by atoms with E-state index < -0.39 is 22.1 Å². The number of benzene rings is 2. The Kier molecular flexibility index (Phi) is 7.67. The van der Waals surface area contributed by atoms with Gasteiger partial charge in [0, 0.05) is 24.6 Å². The van der Waals surface area contributed by atoms with Gasteiger partial charge in [-0.05, 0) is 86.6 Å². The maximum atomic E-state index is 12.6. The van der Waals surface area contributed by atoms with Gasteiger partial charge in [-0.25, -0.2) is 13.4 Å². The Balaban J connectivity index is 1.17. The average molecular weight is 513 g/mol. The number of carbonyl (C=O) groups is 1. The molecule has 0 aromatic heterocycles. The van der Waals surface area contributed by atoms with Crippen molar-refractivity contribution >= 4 is 15.8 Å². The maximum absolute atomic E-state index is 12.6. The molecule has 0 spiro atoms. The van der Waals surface area contributed by atoms with E-state index in [1.165, 1.54) is 0 Å². The van der Waals surface area contributed by atoms with Crippen molar-refractivity contribution in [2.24, 2.45) is 11.8 Å². The lowest BCUT2D eigenvalue weighted by atomic mass is 10.0. The molecule has 0 radical (unpaired) electrons. The first-order valence-corrected chi connectivity index (χ1v) is 13.0. The van der Waals surface area contributed by atoms with Crippen LogP contribution in [0.1, 0.15) is 42.5 Å². The molecule has 1 saturated carbocycles.